The Morgan fingerprint density at radius 3 is 2.50 bits per heavy atom. The van der Waals surface area contributed by atoms with Gasteiger partial charge in [0.2, 0.25) is 11.8 Å². The summed E-state index contributed by atoms with van der Waals surface area (Å²) in [6, 6.07) is 0.206. The Morgan fingerprint density at radius 2 is 1.90 bits per heavy atom. The number of nitrogens with one attached hydrogen (secondary N) is 3. The van der Waals surface area contributed by atoms with Crippen LogP contribution < -0.4 is 16.0 Å². The fraction of sp³-hybridized carbons (Fsp3) is 0.857. The average molecular weight is 306 g/mol. The van der Waals surface area contributed by atoms with Gasteiger partial charge in [-0.2, -0.15) is 0 Å². The number of piperidine rings is 1. The number of hydrogen-bond acceptors (Lipinski definition) is 3. The molecule has 0 aliphatic carbocycles. The predicted molar refractivity (Wildman–Crippen MR) is 83.0 cm³/mol. The number of carbonyl (C=O) groups is 2. The lowest BCUT2D eigenvalue weighted by atomic mass is 9.94. The van der Waals surface area contributed by atoms with Crippen LogP contribution in [0.5, 0.6) is 0 Å². The lowest BCUT2D eigenvalue weighted by molar-refractivity contribution is -0.123. The van der Waals surface area contributed by atoms with Gasteiger partial charge >= 0.3 is 0 Å². The summed E-state index contributed by atoms with van der Waals surface area (Å²) in [6.07, 6.45) is 4.02. The number of rotatable bonds is 7. The van der Waals surface area contributed by atoms with Gasteiger partial charge in [0, 0.05) is 25.4 Å². The molecule has 0 radical (unpaired) electrons. The predicted octanol–water partition coefficient (Wildman–Crippen LogP) is 1.22. The first kappa shape index (κ1) is 19.2. The molecule has 0 aromatic rings. The molecule has 2 amide bonds. The van der Waals surface area contributed by atoms with E-state index in [1.807, 2.05) is 13.8 Å². The van der Waals surface area contributed by atoms with Crippen LogP contribution in [-0.2, 0) is 9.59 Å². The highest BCUT2D eigenvalue weighted by Crippen LogP contribution is 2.15. The highest BCUT2D eigenvalue weighted by Gasteiger charge is 2.16. The maximum Gasteiger partial charge on any atom is 0.221 e. The first-order valence-corrected chi connectivity index (χ1v) is 7.38. The van der Waals surface area contributed by atoms with Gasteiger partial charge in [0.05, 0.1) is 0 Å². The van der Waals surface area contributed by atoms with Crippen LogP contribution in [0.15, 0.2) is 0 Å². The number of hydrogen-bond donors (Lipinski definition) is 3. The molecule has 3 N–H and O–H groups in total. The van der Waals surface area contributed by atoms with Gasteiger partial charge in [-0.3, -0.25) is 9.59 Å². The second kappa shape index (κ2) is 10.9. The molecule has 20 heavy (non-hydrogen) atoms. The van der Waals surface area contributed by atoms with E-state index in [1.165, 1.54) is 0 Å². The summed E-state index contributed by atoms with van der Waals surface area (Å²) in [7, 11) is 0. The van der Waals surface area contributed by atoms with E-state index >= 15 is 0 Å². The Morgan fingerprint density at radius 1 is 1.25 bits per heavy atom. The summed E-state index contributed by atoms with van der Waals surface area (Å²) in [4.78, 5) is 23.2. The molecule has 5 nitrogen and oxygen atoms in total. The van der Waals surface area contributed by atoms with Gasteiger partial charge in [0.1, 0.15) is 0 Å². The van der Waals surface area contributed by atoms with E-state index in [1.54, 1.807) is 0 Å². The monoisotopic (exact) mass is 305 g/mol. The molecule has 1 atom stereocenters. The van der Waals surface area contributed by atoms with E-state index in [0.29, 0.717) is 25.3 Å². The zero-order valence-electron chi connectivity index (χ0n) is 12.5. The SMILES string of the molecule is CCC(C)NC(=O)CCNC(=O)CC1CCNCC1.Cl. The molecule has 1 heterocycles. The second-order valence-corrected chi connectivity index (χ2v) is 5.37. The second-order valence-electron chi connectivity index (χ2n) is 5.37. The quantitative estimate of drug-likeness (QED) is 0.662. The molecule has 1 unspecified atom stereocenters. The Labute approximate surface area is 128 Å². The highest BCUT2D eigenvalue weighted by molar-refractivity contribution is 5.85. The molecular formula is C14H28ClN3O2. The highest BCUT2D eigenvalue weighted by atomic mass is 35.5. The molecule has 0 spiro atoms. The van der Waals surface area contributed by atoms with Crippen molar-refractivity contribution in [2.75, 3.05) is 19.6 Å². The van der Waals surface area contributed by atoms with Crippen LogP contribution >= 0.6 is 12.4 Å². The number of carbonyl (C=O) groups excluding carboxylic acids is 2. The Hall–Kier alpha value is -0.810. The van der Waals surface area contributed by atoms with Crippen LogP contribution in [0, 0.1) is 5.92 Å². The van der Waals surface area contributed by atoms with Gasteiger partial charge in [0.25, 0.3) is 0 Å². The normalized spacial score (nSPS) is 16.9. The minimum Gasteiger partial charge on any atom is -0.356 e. The molecule has 1 rings (SSSR count). The zero-order valence-corrected chi connectivity index (χ0v) is 13.4. The van der Waals surface area contributed by atoms with Crippen LogP contribution in [0.3, 0.4) is 0 Å². The third kappa shape index (κ3) is 8.38. The van der Waals surface area contributed by atoms with E-state index in [0.717, 1.165) is 32.4 Å². The fourth-order valence-corrected chi connectivity index (χ4v) is 2.18. The lowest BCUT2D eigenvalue weighted by Gasteiger charge is -2.21. The Bertz CT molecular complexity index is 294. The van der Waals surface area contributed by atoms with E-state index in [-0.39, 0.29) is 30.3 Å². The number of amides is 2. The first-order valence-electron chi connectivity index (χ1n) is 7.38. The number of halogens is 1. The molecule has 1 saturated heterocycles. The molecule has 118 valence electrons. The van der Waals surface area contributed by atoms with Crippen LogP contribution in [-0.4, -0.2) is 37.5 Å². The maximum atomic E-state index is 11.7. The summed E-state index contributed by atoms with van der Waals surface area (Å²) in [5.41, 5.74) is 0. The average Bonchev–Trinajstić information content (AvgIpc) is 2.39. The van der Waals surface area contributed by atoms with Crippen LogP contribution in [0.25, 0.3) is 0 Å². The van der Waals surface area contributed by atoms with Crippen molar-refractivity contribution in [1.82, 2.24) is 16.0 Å². The molecule has 0 bridgehead atoms. The van der Waals surface area contributed by atoms with Crippen molar-refractivity contribution in [1.29, 1.82) is 0 Å². The van der Waals surface area contributed by atoms with E-state index < -0.39 is 0 Å². The zero-order chi connectivity index (χ0) is 14.1. The molecule has 0 saturated carbocycles. The van der Waals surface area contributed by atoms with Crippen molar-refractivity contribution in [3.05, 3.63) is 0 Å². The van der Waals surface area contributed by atoms with Crippen molar-refractivity contribution in [3.8, 4) is 0 Å². The molecule has 1 fully saturated rings. The first-order chi connectivity index (χ1) is 9.11. The minimum atomic E-state index is 0. The van der Waals surface area contributed by atoms with Crippen molar-refractivity contribution >= 4 is 24.2 Å². The topological polar surface area (TPSA) is 70.2 Å². The van der Waals surface area contributed by atoms with E-state index in [4.69, 9.17) is 0 Å². The Kier molecular flexibility index (Phi) is 10.5. The summed E-state index contributed by atoms with van der Waals surface area (Å²) >= 11 is 0. The van der Waals surface area contributed by atoms with Crippen molar-refractivity contribution < 1.29 is 9.59 Å². The third-order valence-electron chi connectivity index (χ3n) is 3.63. The molecule has 6 heteroatoms. The smallest absolute Gasteiger partial charge is 0.221 e. The summed E-state index contributed by atoms with van der Waals surface area (Å²) in [5, 5.41) is 9.00. The van der Waals surface area contributed by atoms with E-state index in [2.05, 4.69) is 16.0 Å². The largest absolute Gasteiger partial charge is 0.356 e. The van der Waals surface area contributed by atoms with Crippen molar-refractivity contribution in [2.24, 2.45) is 5.92 Å². The van der Waals surface area contributed by atoms with Gasteiger partial charge in [-0.25, -0.2) is 0 Å². The molecule has 1 aliphatic heterocycles. The summed E-state index contributed by atoms with van der Waals surface area (Å²) in [5.74, 6) is 0.579. The van der Waals surface area contributed by atoms with Crippen LogP contribution in [0.4, 0.5) is 0 Å². The molecule has 1 aliphatic rings. The van der Waals surface area contributed by atoms with Gasteiger partial charge in [0.15, 0.2) is 0 Å². The van der Waals surface area contributed by atoms with Gasteiger partial charge < -0.3 is 16.0 Å². The van der Waals surface area contributed by atoms with Crippen LogP contribution in [0.1, 0.15) is 46.0 Å². The standard InChI is InChI=1S/C14H27N3O2.ClH/c1-3-11(2)17-13(18)6-9-16-14(19)10-12-4-7-15-8-5-12;/h11-12,15H,3-10H2,1-2H3,(H,16,19)(H,17,18);1H. The molecule has 0 aromatic carbocycles. The van der Waals surface area contributed by atoms with Crippen molar-refractivity contribution in [3.63, 3.8) is 0 Å². The molecule has 0 aromatic heterocycles. The summed E-state index contributed by atoms with van der Waals surface area (Å²) < 4.78 is 0. The maximum absolute atomic E-state index is 11.7. The third-order valence-corrected chi connectivity index (χ3v) is 3.63. The Balaban J connectivity index is 0.00000361. The fourth-order valence-electron chi connectivity index (χ4n) is 2.18. The van der Waals surface area contributed by atoms with Crippen LogP contribution in [0.2, 0.25) is 0 Å². The summed E-state index contributed by atoms with van der Waals surface area (Å²) in [6.45, 7) is 6.47. The van der Waals surface area contributed by atoms with Gasteiger partial charge in [-0.1, -0.05) is 6.92 Å². The van der Waals surface area contributed by atoms with E-state index in [9.17, 15) is 9.59 Å². The van der Waals surface area contributed by atoms with Crippen molar-refractivity contribution in [2.45, 2.75) is 52.0 Å². The lowest BCUT2D eigenvalue weighted by Crippen LogP contribution is -2.36. The van der Waals surface area contributed by atoms with Gasteiger partial charge in [-0.05, 0) is 45.2 Å². The minimum absolute atomic E-state index is 0. The van der Waals surface area contributed by atoms with Gasteiger partial charge in [-0.15, -0.1) is 12.4 Å². The molecular weight excluding hydrogens is 278 g/mol.